The van der Waals surface area contributed by atoms with Gasteiger partial charge >= 0.3 is 0 Å². The van der Waals surface area contributed by atoms with Crippen LogP contribution in [0.5, 0.6) is 5.75 Å². The van der Waals surface area contributed by atoms with Crippen molar-refractivity contribution in [3.8, 4) is 5.75 Å². The van der Waals surface area contributed by atoms with Crippen molar-refractivity contribution in [2.24, 2.45) is 0 Å². The van der Waals surface area contributed by atoms with Crippen molar-refractivity contribution >= 4 is 63.7 Å². The Morgan fingerprint density at radius 1 is 1.06 bits per heavy atom. The first kappa shape index (κ1) is 20.7. The number of hydrogen-bond acceptors (Lipinski definition) is 4. The standard InChI is InChI=1S/C23H20Cl2N2O3S/c1-12-10-22(2,3)27-20-15(12)8-14(30-4)9-16(20)23(21(27)29)26(19(28)11-31-23)13-5-6-17(24)18(25)7-13/h5-10H,11H2,1-4H3/t23-/m1/s1. The molecule has 3 heterocycles. The van der Waals surface area contributed by atoms with Crippen LogP contribution >= 0.6 is 35.0 Å². The largest absolute Gasteiger partial charge is 0.497 e. The minimum Gasteiger partial charge on any atom is -0.497 e. The maximum atomic E-state index is 14.2. The molecule has 0 N–H and O–H groups in total. The number of benzene rings is 2. The SMILES string of the molecule is COc1cc2c3c(c1)[C@@]1(SCC(=O)N1c1ccc(Cl)c(Cl)c1)C(=O)N3C(C)(C)C=C2C. The molecule has 1 atom stereocenters. The molecule has 2 aromatic rings. The van der Waals surface area contributed by atoms with Gasteiger partial charge in [0.25, 0.3) is 5.91 Å². The second kappa shape index (κ2) is 6.67. The first-order valence-corrected chi connectivity index (χ1v) is 11.5. The quantitative estimate of drug-likeness (QED) is 0.578. The van der Waals surface area contributed by atoms with Crippen LogP contribution in [0, 0.1) is 0 Å². The summed E-state index contributed by atoms with van der Waals surface area (Å²) in [6.07, 6.45) is 2.08. The van der Waals surface area contributed by atoms with Crippen LogP contribution in [-0.4, -0.2) is 30.2 Å². The zero-order chi connectivity index (χ0) is 22.3. The van der Waals surface area contributed by atoms with Gasteiger partial charge in [-0.25, -0.2) is 0 Å². The van der Waals surface area contributed by atoms with Gasteiger partial charge in [0, 0.05) is 16.8 Å². The van der Waals surface area contributed by atoms with Gasteiger partial charge in [-0.3, -0.25) is 19.4 Å². The van der Waals surface area contributed by atoms with E-state index in [9.17, 15) is 9.59 Å². The Morgan fingerprint density at radius 3 is 2.48 bits per heavy atom. The number of halogens is 2. The summed E-state index contributed by atoms with van der Waals surface area (Å²) in [5.41, 5.74) is 3.59. The monoisotopic (exact) mass is 474 g/mol. The van der Waals surface area contributed by atoms with Crippen molar-refractivity contribution in [2.75, 3.05) is 22.7 Å². The number of hydrogen-bond donors (Lipinski definition) is 0. The molecule has 3 aliphatic rings. The van der Waals surface area contributed by atoms with Crippen molar-refractivity contribution in [1.29, 1.82) is 0 Å². The molecule has 0 unspecified atom stereocenters. The van der Waals surface area contributed by atoms with Gasteiger partial charge in [-0.15, -0.1) is 11.8 Å². The van der Waals surface area contributed by atoms with Crippen molar-refractivity contribution < 1.29 is 14.3 Å². The van der Waals surface area contributed by atoms with Crippen LogP contribution in [0.1, 0.15) is 31.9 Å². The maximum absolute atomic E-state index is 14.2. The lowest BCUT2D eigenvalue weighted by molar-refractivity contribution is -0.124. The lowest BCUT2D eigenvalue weighted by Gasteiger charge is -2.40. The highest BCUT2D eigenvalue weighted by atomic mass is 35.5. The number of allylic oxidation sites excluding steroid dienone is 1. The normalized spacial score (nSPS) is 23.5. The third kappa shape index (κ3) is 2.65. The molecule has 1 saturated heterocycles. The number of amides is 2. The third-order valence-corrected chi connectivity index (χ3v) is 8.23. The summed E-state index contributed by atoms with van der Waals surface area (Å²) in [6, 6.07) is 8.84. The summed E-state index contributed by atoms with van der Waals surface area (Å²) in [4.78, 5) is 29.5. The lowest BCUT2D eigenvalue weighted by Crippen LogP contribution is -2.54. The molecule has 1 spiro atoms. The van der Waals surface area contributed by atoms with E-state index in [-0.39, 0.29) is 17.6 Å². The van der Waals surface area contributed by atoms with E-state index in [2.05, 4.69) is 6.08 Å². The Hall–Kier alpha value is -2.15. The van der Waals surface area contributed by atoms with Crippen molar-refractivity contribution in [2.45, 2.75) is 31.2 Å². The van der Waals surface area contributed by atoms with Crippen LogP contribution < -0.4 is 14.5 Å². The third-order valence-electron chi connectivity index (χ3n) is 6.10. The summed E-state index contributed by atoms with van der Waals surface area (Å²) in [5, 5.41) is 0.719. The summed E-state index contributed by atoms with van der Waals surface area (Å²) < 4.78 is 5.57. The molecule has 8 heteroatoms. The van der Waals surface area contributed by atoms with Gasteiger partial charge in [0.15, 0.2) is 0 Å². The number of anilines is 2. The van der Waals surface area contributed by atoms with E-state index < -0.39 is 10.4 Å². The summed E-state index contributed by atoms with van der Waals surface area (Å²) in [5.74, 6) is 0.520. The highest BCUT2D eigenvalue weighted by molar-refractivity contribution is 8.02. The topological polar surface area (TPSA) is 49.9 Å². The van der Waals surface area contributed by atoms with Gasteiger partial charge in [-0.2, -0.15) is 0 Å². The highest BCUT2D eigenvalue weighted by Gasteiger charge is 2.64. The smallest absolute Gasteiger partial charge is 0.269 e. The molecule has 2 amide bonds. The summed E-state index contributed by atoms with van der Waals surface area (Å²) in [7, 11) is 1.60. The molecule has 31 heavy (non-hydrogen) atoms. The van der Waals surface area contributed by atoms with Gasteiger partial charge in [0.05, 0.1) is 34.1 Å². The molecule has 0 aliphatic carbocycles. The molecule has 0 radical (unpaired) electrons. The summed E-state index contributed by atoms with van der Waals surface area (Å²) in [6.45, 7) is 6.05. The van der Waals surface area contributed by atoms with Gasteiger partial charge < -0.3 is 4.74 Å². The zero-order valence-corrected chi connectivity index (χ0v) is 19.8. The van der Waals surface area contributed by atoms with E-state index in [1.54, 1.807) is 30.2 Å². The molecular formula is C23H20Cl2N2O3S. The number of nitrogens with zero attached hydrogens (tertiary/aromatic N) is 2. The van der Waals surface area contributed by atoms with E-state index in [1.165, 1.54) is 11.8 Å². The Balaban J connectivity index is 1.83. The maximum Gasteiger partial charge on any atom is 0.269 e. The molecule has 3 aliphatic heterocycles. The van der Waals surface area contributed by atoms with Gasteiger partial charge in [0.2, 0.25) is 10.8 Å². The van der Waals surface area contributed by atoms with Crippen LogP contribution in [0.2, 0.25) is 10.0 Å². The number of thioether (sulfide) groups is 1. The Bertz CT molecular complexity index is 1210. The molecular weight excluding hydrogens is 455 g/mol. The summed E-state index contributed by atoms with van der Waals surface area (Å²) >= 11 is 13.7. The van der Waals surface area contributed by atoms with E-state index >= 15 is 0 Å². The predicted octanol–water partition coefficient (Wildman–Crippen LogP) is 5.48. The molecule has 5 rings (SSSR count). The van der Waals surface area contributed by atoms with Gasteiger partial charge in [-0.1, -0.05) is 29.3 Å². The number of carbonyl (C=O) groups excluding carboxylic acids is 2. The van der Waals surface area contributed by atoms with Gasteiger partial charge in [0.1, 0.15) is 5.75 Å². The van der Waals surface area contributed by atoms with E-state index in [1.807, 2.05) is 37.8 Å². The fourth-order valence-electron chi connectivity index (χ4n) is 4.89. The molecule has 2 aromatic carbocycles. The average Bonchev–Trinajstić information content (AvgIpc) is 3.18. The molecule has 0 aromatic heterocycles. The van der Waals surface area contributed by atoms with Crippen LogP contribution in [-0.2, 0) is 14.5 Å². The first-order chi connectivity index (χ1) is 14.6. The second-order valence-corrected chi connectivity index (χ2v) is 10.4. The number of rotatable bonds is 2. The average molecular weight is 475 g/mol. The molecule has 0 bridgehead atoms. The van der Waals surface area contributed by atoms with Crippen molar-refractivity contribution in [3.63, 3.8) is 0 Å². The van der Waals surface area contributed by atoms with E-state index in [0.717, 1.165) is 22.4 Å². The Morgan fingerprint density at radius 2 is 1.81 bits per heavy atom. The highest BCUT2D eigenvalue weighted by Crippen LogP contribution is 2.61. The first-order valence-electron chi connectivity index (χ1n) is 9.81. The Kier molecular flexibility index (Phi) is 4.46. The van der Waals surface area contributed by atoms with Crippen molar-refractivity contribution in [3.05, 3.63) is 57.6 Å². The van der Waals surface area contributed by atoms with E-state index in [4.69, 9.17) is 27.9 Å². The van der Waals surface area contributed by atoms with Crippen LogP contribution in [0.4, 0.5) is 11.4 Å². The molecule has 1 fully saturated rings. The fourth-order valence-corrected chi connectivity index (χ4v) is 6.51. The number of carbonyl (C=O) groups is 2. The van der Waals surface area contributed by atoms with E-state index in [0.29, 0.717) is 21.5 Å². The molecule has 160 valence electrons. The Labute approximate surface area is 194 Å². The van der Waals surface area contributed by atoms with Crippen LogP contribution in [0.25, 0.3) is 5.57 Å². The van der Waals surface area contributed by atoms with Crippen molar-refractivity contribution in [1.82, 2.24) is 0 Å². The number of methoxy groups -OCH3 is 1. The minimum atomic E-state index is -1.23. The predicted molar refractivity (Wildman–Crippen MR) is 126 cm³/mol. The number of fused-ring (bicyclic) bond motifs is 1. The molecule has 5 nitrogen and oxygen atoms in total. The van der Waals surface area contributed by atoms with Crippen LogP contribution in [0.15, 0.2) is 36.4 Å². The lowest BCUT2D eigenvalue weighted by atomic mass is 9.89. The minimum absolute atomic E-state index is 0.146. The van der Waals surface area contributed by atoms with Gasteiger partial charge in [-0.05, 0) is 56.7 Å². The fraction of sp³-hybridized carbons (Fsp3) is 0.304. The number of ether oxygens (including phenoxy) is 1. The second-order valence-electron chi connectivity index (χ2n) is 8.45. The molecule has 0 saturated carbocycles. The zero-order valence-electron chi connectivity index (χ0n) is 17.5. The van der Waals surface area contributed by atoms with Crippen LogP contribution in [0.3, 0.4) is 0 Å².